The van der Waals surface area contributed by atoms with Crippen molar-refractivity contribution in [2.24, 2.45) is 0 Å². The first kappa shape index (κ1) is 12.0. The molecule has 0 spiro atoms. The van der Waals surface area contributed by atoms with Crippen LogP contribution in [-0.4, -0.2) is 28.8 Å². The van der Waals surface area contributed by atoms with Gasteiger partial charge in [-0.25, -0.2) is 0 Å². The van der Waals surface area contributed by atoms with Crippen LogP contribution in [0.25, 0.3) is 6.08 Å². The maximum atomic E-state index is 11.7. The summed E-state index contributed by atoms with van der Waals surface area (Å²) in [4.78, 5) is 14.2. The van der Waals surface area contributed by atoms with Crippen molar-refractivity contribution >= 4 is 23.7 Å². The summed E-state index contributed by atoms with van der Waals surface area (Å²) in [6.45, 7) is 3.72. The van der Waals surface area contributed by atoms with E-state index in [1.165, 1.54) is 0 Å². The van der Waals surface area contributed by atoms with Gasteiger partial charge in [0, 0.05) is 7.05 Å². The number of carbonyl (C=O) groups excluding carboxylic acids is 1. The second-order valence-corrected chi connectivity index (χ2v) is 5.28. The van der Waals surface area contributed by atoms with Gasteiger partial charge in [-0.3, -0.25) is 4.79 Å². The molecule has 1 fully saturated rings. The fourth-order valence-corrected chi connectivity index (χ4v) is 2.75. The van der Waals surface area contributed by atoms with Gasteiger partial charge in [-0.1, -0.05) is 11.8 Å². The van der Waals surface area contributed by atoms with Crippen molar-refractivity contribution in [2.45, 2.75) is 13.8 Å². The summed E-state index contributed by atoms with van der Waals surface area (Å²) in [5.41, 5.74) is 2.63. The highest BCUT2D eigenvalue weighted by molar-refractivity contribution is 8.04. The lowest BCUT2D eigenvalue weighted by Gasteiger charge is -2.06. The van der Waals surface area contributed by atoms with Gasteiger partial charge in [0.05, 0.1) is 10.8 Å². The lowest BCUT2D eigenvalue weighted by molar-refractivity contribution is -0.123. The lowest BCUT2D eigenvalue weighted by atomic mass is 10.1. The molecule has 1 amide bonds. The largest absolute Gasteiger partial charge is 0.507 e. The van der Waals surface area contributed by atoms with E-state index in [0.29, 0.717) is 11.6 Å². The van der Waals surface area contributed by atoms with E-state index < -0.39 is 0 Å². The highest BCUT2D eigenvalue weighted by Crippen LogP contribution is 2.30. The molecule has 0 aromatic heterocycles. The van der Waals surface area contributed by atoms with Crippen LogP contribution in [0.3, 0.4) is 0 Å². The van der Waals surface area contributed by atoms with Crippen molar-refractivity contribution in [3.05, 3.63) is 33.7 Å². The van der Waals surface area contributed by atoms with Gasteiger partial charge < -0.3 is 10.0 Å². The number of carbonyl (C=O) groups is 1. The Morgan fingerprint density at radius 2 is 1.94 bits per heavy atom. The number of aryl methyl sites for hydroxylation is 2. The molecule has 2 rings (SSSR count). The fourth-order valence-electron chi connectivity index (χ4n) is 1.80. The third-order valence-corrected chi connectivity index (χ3v) is 3.90. The summed E-state index contributed by atoms with van der Waals surface area (Å²) in [5, 5.41) is 9.68. The standard InChI is InChI=1S/C13H15NO2S/c1-8-4-10(5-9(2)12(8)15)6-11-13(16)14(3)7-17-11/h4-6,15H,7H2,1-3H3. The van der Waals surface area contributed by atoms with Crippen LogP contribution < -0.4 is 0 Å². The second-order valence-electron chi connectivity index (χ2n) is 4.29. The van der Waals surface area contributed by atoms with Crippen LogP contribution in [0.1, 0.15) is 16.7 Å². The smallest absolute Gasteiger partial charge is 0.260 e. The third-order valence-electron chi connectivity index (χ3n) is 2.78. The molecule has 1 aliphatic rings. The monoisotopic (exact) mass is 249 g/mol. The predicted molar refractivity (Wildman–Crippen MR) is 70.8 cm³/mol. The van der Waals surface area contributed by atoms with Crippen LogP contribution >= 0.6 is 11.8 Å². The summed E-state index contributed by atoms with van der Waals surface area (Å²) in [6, 6.07) is 3.78. The zero-order chi connectivity index (χ0) is 12.6. The first-order valence-corrected chi connectivity index (χ1v) is 6.38. The Bertz CT molecular complexity index is 485. The van der Waals surface area contributed by atoms with Crippen LogP contribution in [0.2, 0.25) is 0 Å². The molecule has 17 heavy (non-hydrogen) atoms. The number of phenols is 1. The molecule has 1 saturated heterocycles. The molecular formula is C13H15NO2S. The van der Waals surface area contributed by atoms with Crippen molar-refractivity contribution < 1.29 is 9.90 Å². The fraction of sp³-hybridized carbons (Fsp3) is 0.308. The number of amides is 1. The average Bonchev–Trinajstić information content (AvgIpc) is 2.58. The topological polar surface area (TPSA) is 40.5 Å². The van der Waals surface area contributed by atoms with Crippen molar-refractivity contribution in [2.75, 3.05) is 12.9 Å². The summed E-state index contributed by atoms with van der Waals surface area (Å²) in [7, 11) is 1.80. The molecule has 0 atom stereocenters. The Morgan fingerprint density at radius 1 is 1.35 bits per heavy atom. The Hall–Kier alpha value is -1.42. The Balaban J connectivity index is 2.37. The van der Waals surface area contributed by atoms with E-state index >= 15 is 0 Å². The molecule has 1 N–H and O–H groups in total. The minimum absolute atomic E-state index is 0.0679. The molecule has 0 radical (unpaired) electrons. The minimum atomic E-state index is 0.0679. The second kappa shape index (κ2) is 4.45. The van der Waals surface area contributed by atoms with Gasteiger partial charge >= 0.3 is 0 Å². The van der Waals surface area contributed by atoms with Gasteiger partial charge in [0.15, 0.2) is 0 Å². The molecule has 1 heterocycles. The van der Waals surface area contributed by atoms with Gasteiger partial charge in [0.1, 0.15) is 5.75 Å². The molecule has 90 valence electrons. The van der Waals surface area contributed by atoms with E-state index in [0.717, 1.165) is 21.6 Å². The maximum absolute atomic E-state index is 11.7. The van der Waals surface area contributed by atoms with E-state index in [9.17, 15) is 9.90 Å². The number of phenolic OH excluding ortho intramolecular Hbond substituents is 1. The number of hydrogen-bond acceptors (Lipinski definition) is 3. The Kier molecular flexibility index (Phi) is 3.15. The van der Waals surface area contributed by atoms with Gasteiger partial charge in [0.25, 0.3) is 5.91 Å². The van der Waals surface area contributed by atoms with Crippen LogP contribution in [0.15, 0.2) is 17.0 Å². The summed E-state index contributed by atoms with van der Waals surface area (Å²) >= 11 is 1.54. The number of thioether (sulfide) groups is 1. The molecule has 1 aliphatic heterocycles. The molecule has 0 aliphatic carbocycles. The normalized spacial score (nSPS) is 18.2. The highest BCUT2D eigenvalue weighted by Gasteiger charge is 2.23. The Morgan fingerprint density at radius 3 is 2.41 bits per heavy atom. The number of aromatic hydroxyl groups is 1. The Labute approximate surface area is 105 Å². The zero-order valence-corrected chi connectivity index (χ0v) is 11.0. The van der Waals surface area contributed by atoms with Gasteiger partial charge in [-0.2, -0.15) is 0 Å². The number of likely N-dealkylation sites (N-methyl/N-ethyl adjacent to an activating group) is 1. The van der Waals surface area contributed by atoms with E-state index in [2.05, 4.69) is 0 Å². The maximum Gasteiger partial charge on any atom is 0.260 e. The van der Waals surface area contributed by atoms with Crippen LogP contribution in [-0.2, 0) is 4.79 Å². The van der Waals surface area contributed by atoms with Crippen LogP contribution in [0.5, 0.6) is 5.75 Å². The summed E-state index contributed by atoms with van der Waals surface area (Å²) < 4.78 is 0. The number of benzene rings is 1. The van der Waals surface area contributed by atoms with Crippen molar-refractivity contribution in [1.82, 2.24) is 4.90 Å². The number of rotatable bonds is 1. The molecule has 3 nitrogen and oxygen atoms in total. The molecule has 0 bridgehead atoms. The zero-order valence-electron chi connectivity index (χ0n) is 10.2. The van der Waals surface area contributed by atoms with Crippen molar-refractivity contribution in [1.29, 1.82) is 0 Å². The predicted octanol–water partition coefficient (Wildman–Crippen LogP) is 2.51. The number of nitrogens with zero attached hydrogens (tertiary/aromatic N) is 1. The van der Waals surface area contributed by atoms with Crippen LogP contribution in [0, 0.1) is 13.8 Å². The first-order valence-electron chi connectivity index (χ1n) is 5.39. The SMILES string of the molecule is Cc1cc(C=C2SCN(C)C2=O)cc(C)c1O. The first-order chi connectivity index (χ1) is 7.99. The third kappa shape index (κ3) is 2.31. The van der Waals surface area contributed by atoms with E-state index in [4.69, 9.17) is 0 Å². The van der Waals surface area contributed by atoms with Gasteiger partial charge in [-0.05, 0) is 48.7 Å². The minimum Gasteiger partial charge on any atom is -0.507 e. The molecular weight excluding hydrogens is 234 g/mol. The lowest BCUT2D eigenvalue weighted by Crippen LogP contribution is -2.18. The van der Waals surface area contributed by atoms with Crippen molar-refractivity contribution in [3.8, 4) is 5.75 Å². The average molecular weight is 249 g/mol. The van der Waals surface area contributed by atoms with E-state index in [1.807, 2.05) is 32.1 Å². The van der Waals surface area contributed by atoms with Crippen molar-refractivity contribution in [3.63, 3.8) is 0 Å². The molecule has 0 saturated carbocycles. The molecule has 4 heteroatoms. The van der Waals surface area contributed by atoms with Crippen LogP contribution in [0.4, 0.5) is 0 Å². The number of hydrogen-bond donors (Lipinski definition) is 1. The van der Waals surface area contributed by atoms with E-state index in [-0.39, 0.29) is 5.91 Å². The summed E-state index contributed by atoms with van der Waals surface area (Å²) in [6.07, 6.45) is 1.88. The molecule has 1 aromatic carbocycles. The molecule has 1 aromatic rings. The highest BCUT2D eigenvalue weighted by atomic mass is 32.2. The van der Waals surface area contributed by atoms with E-state index in [1.54, 1.807) is 23.7 Å². The molecule has 0 unspecified atom stereocenters. The summed E-state index contributed by atoms with van der Waals surface area (Å²) in [5.74, 6) is 1.11. The quantitative estimate of drug-likeness (QED) is 0.777. The van der Waals surface area contributed by atoms with Gasteiger partial charge in [0.2, 0.25) is 0 Å². The van der Waals surface area contributed by atoms with Gasteiger partial charge in [-0.15, -0.1) is 0 Å².